The number of nitrogens with two attached hydrogens (primary N) is 1. The van der Waals surface area contributed by atoms with E-state index in [2.05, 4.69) is 0 Å². The van der Waals surface area contributed by atoms with E-state index in [-0.39, 0.29) is 5.41 Å². The molecule has 0 radical (unpaired) electrons. The second-order valence-electron chi connectivity index (χ2n) is 4.75. The standard InChI is InChI=1S/C13H19NO3S/c1-2-17-10-13(9-14)8-12(13)18(15,16)11-6-4-3-5-7-11/h3-7,12H,2,8-10,14H2,1H3/t12-,13-/m0/s1. The molecule has 2 rings (SSSR count). The van der Waals surface area contributed by atoms with Gasteiger partial charge in [-0.05, 0) is 25.5 Å². The van der Waals surface area contributed by atoms with Gasteiger partial charge in [-0.2, -0.15) is 0 Å². The molecular formula is C13H19NO3S. The van der Waals surface area contributed by atoms with Gasteiger partial charge in [0.1, 0.15) is 0 Å². The maximum absolute atomic E-state index is 12.4. The SMILES string of the molecule is CCOC[C@@]1(CN)C[C@@H]1S(=O)(=O)c1ccccc1. The van der Waals surface area contributed by atoms with Crippen LogP contribution in [0.4, 0.5) is 0 Å². The lowest BCUT2D eigenvalue weighted by molar-refractivity contribution is 0.104. The van der Waals surface area contributed by atoms with Crippen LogP contribution in [0.5, 0.6) is 0 Å². The molecule has 100 valence electrons. The van der Waals surface area contributed by atoms with Crippen molar-refractivity contribution in [1.82, 2.24) is 0 Å². The topological polar surface area (TPSA) is 69.4 Å². The van der Waals surface area contributed by atoms with Crippen molar-refractivity contribution in [2.45, 2.75) is 23.5 Å². The first kappa shape index (κ1) is 13.5. The van der Waals surface area contributed by atoms with Gasteiger partial charge in [-0.25, -0.2) is 8.42 Å². The van der Waals surface area contributed by atoms with Crippen LogP contribution in [0.15, 0.2) is 35.2 Å². The second-order valence-corrected chi connectivity index (χ2v) is 6.88. The van der Waals surface area contributed by atoms with Crippen molar-refractivity contribution in [1.29, 1.82) is 0 Å². The first-order chi connectivity index (χ1) is 8.57. The molecule has 18 heavy (non-hydrogen) atoms. The van der Waals surface area contributed by atoms with Crippen LogP contribution in [0.1, 0.15) is 13.3 Å². The second kappa shape index (κ2) is 4.99. The van der Waals surface area contributed by atoms with Crippen LogP contribution in [0, 0.1) is 5.41 Å². The Morgan fingerprint density at radius 2 is 2.06 bits per heavy atom. The van der Waals surface area contributed by atoms with Crippen molar-refractivity contribution < 1.29 is 13.2 Å². The lowest BCUT2D eigenvalue weighted by Crippen LogP contribution is -2.28. The lowest BCUT2D eigenvalue weighted by Gasteiger charge is -2.14. The highest BCUT2D eigenvalue weighted by molar-refractivity contribution is 7.92. The van der Waals surface area contributed by atoms with Gasteiger partial charge in [0, 0.05) is 18.6 Å². The molecule has 0 spiro atoms. The first-order valence-electron chi connectivity index (χ1n) is 6.13. The zero-order chi connectivity index (χ0) is 13.2. The molecule has 1 aliphatic carbocycles. The molecule has 4 nitrogen and oxygen atoms in total. The van der Waals surface area contributed by atoms with Crippen LogP contribution < -0.4 is 5.73 Å². The fourth-order valence-corrected chi connectivity index (χ4v) is 4.49. The smallest absolute Gasteiger partial charge is 0.181 e. The molecule has 0 unspecified atom stereocenters. The molecule has 2 atom stereocenters. The Labute approximate surface area is 108 Å². The number of ether oxygens (including phenoxy) is 1. The summed E-state index contributed by atoms with van der Waals surface area (Å²) in [6, 6.07) is 8.55. The fourth-order valence-electron chi connectivity index (χ4n) is 2.25. The molecule has 1 fully saturated rings. The highest BCUT2D eigenvalue weighted by Gasteiger charge is 2.60. The average molecular weight is 269 g/mol. The van der Waals surface area contributed by atoms with Crippen LogP contribution in [0.2, 0.25) is 0 Å². The zero-order valence-electron chi connectivity index (χ0n) is 10.5. The van der Waals surface area contributed by atoms with E-state index >= 15 is 0 Å². The third-order valence-electron chi connectivity index (χ3n) is 3.56. The predicted octanol–water partition coefficient (Wildman–Crippen LogP) is 1.21. The molecule has 0 aromatic heterocycles. The maximum atomic E-state index is 12.4. The summed E-state index contributed by atoms with van der Waals surface area (Å²) in [5.74, 6) is 0. The summed E-state index contributed by atoms with van der Waals surface area (Å²) in [4.78, 5) is 0.377. The summed E-state index contributed by atoms with van der Waals surface area (Å²) in [5.41, 5.74) is 5.35. The normalized spacial score (nSPS) is 27.1. The average Bonchev–Trinajstić information content (AvgIpc) is 3.14. The van der Waals surface area contributed by atoms with Crippen molar-refractivity contribution >= 4 is 9.84 Å². The Hall–Kier alpha value is -0.910. The number of sulfone groups is 1. The minimum atomic E-state index is -3.28. The van der Waals surface area contributed by atoms with E-state index in [4.69, 9.17) is 10.5 Å². The van der Waals surface area contributed by atoms with E-state index in [0.717, 1.165) is 0 Å². The highest BCUT2D eigenvalue weighted by Crippen LogP contribution is 2.51. The summed E-state index contributed by atoms with van der Waals surface area (Å²) >= 11 is 0. The van der Waals surface area contributed by atoms with Gasteiger partial charge >= 0.3 is 0 Å². The van der Waals surface area contributed by atoms with Crippen molar-refractivity contribution in [2.75, 3.05) is 19.8 Å². The van der Waals surface area contributed by atoms with E-state index in [0.29, 0.717) is 31.1 Å². The Bertz CT molecular complexity index is 500. The van der Waals surface area contributed by atoms with Crippen molar-refractivity contribution in [3.63, 3.8) is 0 Å². The van der Waals surface area contributed by atoms with E-state index in [9.17, 15) is 8.42 Å². The fraction of sp³-hybridized carbons (Fsp3) is 0.538. The van der Waals surface area contributed by atoms with Gasteiger partial charge in [-0.15, -0.1) is 0 Å². The van der Waals surface area contributed by atoms with E-state index < -0.39 is 15.1 Å². The third-order valence-corrected chi connectivity index (χ3v) is 5.91. The van der Waals surface area contributed by atoms with Gasteiger partial charge in [-0.1, -0.05) is 18.2 Å². The molecule has 0 bridgehead atoms. The van der Waals surface area contributed by atoms with Crippen LogP contribution >= 0.6 is 0 Å². The monoisotopic (exact) mass is 269 g/mol. The van der Waals surface area contributed by atoms with Gasteiger partial charge in [0.05, 0.1) is 16.8 Å². The van der Waals surface area contributed by atoms with Gasteiger partial charge < -0.3 is 10.5 Å². The van der Waals surface area contributed by atoms with Crippen LogP contribution in [-0.4, -0.2) is 33.4 Å². The lowest BCUT2D eigenvalue weighted by atomic mass is 10.1. The Kier molecular flexibility index (Phi) is 3.75. The largest absolute Gasteiger partial charge is 0.381 e. The molecule has 0 aliphatic heterocycles. The van der Waals surface area contributed by atoms with E-state index in [1.807, 2.05) is 13.0 Å². The molecule has 1 aliphatic rings. The quantitative estimate of drug-likeness (QED) is 0.843. The van der Waals surface area contributed by atoms with Crippen molar-refractivity contribution in [2.24, 2.45) is 11.1 Å². The number of hydrogen-bond acceptors (Lipinski definition) is 4. The molecule has 1 saturated carbocycles. The Morgan fingerprint density at radius 3 is 2.61 bits per heavy atom. The van der Waals surface area contributed by atoms with E-state index in [1.165, 1.54) is 0 Å². The summed E-state index contributed by atoms with van der Waals surface area (Å²) in [6.07, 6.45) is 0.598. The van der Waals surface area contributed by atoms with Crippen molar-refractivity contribution in [3.8, 4) is 0 Å². The number of rotatable bonds is 6. The molecule has 0 heterocycles. The molecule has 2 N–H and O–H groups in total. The van der Waals surface area contributed by atoms with Crippen LogP contribution in [-0.2, 0) is 14.6 Å². The molecule has 1 aromatic rings. The minimum absolute atomic E-state index is 0.351. The van der Waals surface area contributed by atoms with E-state index in [1.54, 1.807) is 24.3 Å². The maximum Gasteiger partial charge on any atom is 0.181 e. The minimum Gasteiger partial charge on any atom is -0.381 e. The Morgan fingerprint density at radius 1 is 1.39 bits per heavy atom. The summed E-state index contributed by atoms with van der Waals surface area (Å²) in [6.45, 7) is 3.26. The summed E-state index contributed by atoms with van der Waals surface area (Å²) < 4.78 is 30.2. The first-order valence-corrected chi connectivity index (χ1v) is 7.68. The summed E-state index contributed by atoms with van der Waals surface area (Å²) in [5, 5.41) is -0.399. The molecule has 5 heteroatoms. The molecule has 1 aromatic carbocycles. The summed E-state index contributed by atoms with van der Waals surface area (Å²) in [7, 11) is -3.28. The number of hydrogen-bond donors (Lipinski definition) is 1. The third kappa shape index (κ3) is 2.30. The zero-order valence-corrected chi connectivity index (χ0v) is 11.3. The molecule has 0 saturated heterocycles. The van der Waals surface area contributed by atoms with Gasteiger partial charge in [0.25, 0.3) is 0 Å². The Balaban J connectivity index is 2.19. The van der Waals surface area contributed by atoms with Gasteiger partial charge in [0.2, 0.25) is 0 Å². The van der Waals surface area contributed by atoms with Gasteiger partial charge in [0.15, 0.2) is 9.84 Å². The van der Waals surface area contributed by atoms with Crippen LogP contribution in [0.3, 0.4) is 0 Å². The predicted molar refractivity (Wildman–Crippen MR) is 70.0 cm³/mol. The van der Waals surface area contributed by atoms with Gasteiger partial charge in [-0.3, -0.25) is 0 Å². The van der Waals surface area contributed by atoms with Crippen LogP contribution in [0.25, 0.3) is 0 Å². The highest BCUT2D eigenvalue weighted by atomic mass is 32.2. The number of benzene rings is 1. The van der Waals surface area contributed by atoms with Crippen molar-refractivity contribution in [3.05, 3.63) is 30.3 Å². The molecule has 0 amide bonds. The molecular weight excluding hydrogens is 250 g/mol.